The van der Waals surface area contributed by atoms with Crippen molar-refractivity contribution >= 4 is 7.85 Å². The average Bonchev–Trinajstić information content (AvgIpc) is 2.56. The van der Waals surface area contributed by atoms with Crippen LogP contribution in [0.2, 0.25) is 5.82 Å². The quantitative estimate of drug-likeness (QED) is 0.679. The number of fused-ring (bicyclic) bond motifs is 2. The van der Waals surface area contributed by atoms with E-state index in [0.717, 1.165) is 18.4 Å². The summed E-state index contributed by atoms with van der Waals surface area (Å²) in [7, 11) is 6.07. The standard InChI is InChI=1S/C19H20BF/c1-12(20)9-19-13(2)18-11-16(21)8-7-15(18)10-14-5-3-4-6-17(14)19/h3-8,11-13,19H,9-10H2,1-2H3/t12-,13?,19-/m0/s1. The van der Waals surface area contributed by atoms with E-state index in [1.165, 1.54) is 16.7 Å². The van der Waals surface area contributed by atoms with Gasteiger partial charge in [-0.1, -0.05) is 56.4 Å². The van der Waals surface area contributed by atoms with E-state index in [9.17, 15) is 4.39 Å². The molecule has 2 heteroatoms. The van der Waals surface area contributed by atoms with E-state index in [0.29, 0.717) is 5.92 Å². The molecule has 1 unspecified atom stereocenters. The maximum Gasteiger partial charge on any atom is 0.123 e. The minimum atomic E-state index is -0.147. The minimum absolute atomic E-state index is 0.139. The Morgan fingerprint density at radius 3 is 2.62 bits per heavy atom. The summed E-state index contributed by atoms with van der Waals surface area (Å²) in [5.74, 6) is 0.626. The molecule has 3 atom stereocenters. The first-order valence-corrected chi connectivity index (χ1v) is 7.68. The molecule has 1 aliphatic carbocycles. The van der Waals surface area contributed by atoms with E-state index >= 15 is 0 Å². The lowest BCUT2D eigenvalue weighted by Crippen LogP contribution is -2.11. The average molecular weight is 278 g/mol. The lowest BCUT2D eigenvalue weighted by Gasteiger charge is -2.26. The van der Waals surface area contributed by atoms with Crippen LogP contribution in [0.3, 0.4) is 0 Å². The zero-order valence-electron chi connectivity index (χ0n) is 12.6. The third kappa shape index (κ3) is 2.77. The maximum atomic E-state index is 13.7. The predicted molar refractivity (Wildman–Crippen MR) is 86.6 cm³/mol. The van der Waals surface area contributed by atoms with Crippen LogP contribution in [-0.4, -0.2) is 7.85 Å². The highest BCUT2D eigenvalue weighted by Crippen LogP contribution is 2.44. The predicted octanol–water partition coefficient (Wildman–Crippen LogP) is 4.98. The zero-order valence-corrected chi connectivity index (χ0v) is 12.6. The number of halogens is 1. The van der Waals surface area contributed by atoms with Gasteiger partial charge in [0.15, 0.2) is 0 Å². The van der Waals surface area contributed by atoms with Gasteiger partial charge < -0.3 is 0 Å². The van der Waals surface area contributed by atoms with Gasteiger partial charge in [-0.25, -0.2) is 4.39 Å². The van der Waals surface area contributed by atoms with Crippen LogP contribution in [0.1, 0.15) is 54.4 Å². The fourth-order valence-electron chi connectivity index (χ4n) is 3.63. The Bertz CT molecular complexity index is 648. The van der Waals surface area contributed by atoms with Gasteiger partial charge in [0.25, 0.3) is 0 Å². The van der Waals surface area contributed by atoms with E-state index in [1.807, 2.05) is 13.0 Å². The molecule has 2 aromatic rings. The number of benzene rings is 2. The molecule has 0 saturated heterocycles. The molecule has 0 aromatic heterocycles. The van der Waals surface area contributed by atoms with Gasteiger partial charge >= 0.3 is 0 Å². The van der Waals surface area contributed by atoms with Gasteiger partial charge in [0, 0.05) is 0 Å². The first-order chi connectivity index (χ1) is 10.1. The first-order valence-electron chi connectivity index (χ1n) is 7.68. The normalized spacial score (nSPS) is 22.0. The summed E-state index contributed by atoms with van der Waals surface area (Å²) in [6.07, 6.45) is 1.81. The Hall–Kier alpha value is -1.57. The van der Waals surface area contributed by atoms with E-state index in [1.54, 1.807) is 12.1 Å². The van der Waals surface area contributed by atoms with E-state index in [4.69, 9.17) is 7.85 Å². The van der Waals surface area contributed by atoms with Crippen molar-refractivity contribution in [1.29, 1.82) is 0 Å². The highest BCUT2D eigenvalue weighted by Gasteiger charge is 2.28. The van der Waals surface area contributed by atoms with Crippen molar-refractivity contribution in [2.45, 2.75) is 44.3 Å². The molecule has 3 rings (SSSR count). The van der Waals surface area contributed by atoms with Crippen molar-refractivity contribution in [3.05, 3.63) is 70.5 Å². The lowest BCUT2D eigenvalue weighted by atomic mass is 9.73. The lowest BCUT2D eigenvalue weighted by molar-refractivity contribution is 0.526. The highest BCUT2D eigenvalue weighted by atomic mass is 19.1. The molecule has 1 aliphatic rings. The SMILES string of the molecule is [B][C@@H](C)C[C@@H]1c2ccccc2Cc2ccc(F)cc2C1C. The molecular weight excluding hydrogens is 258 g/mol. The van der Waals surface area contributed by atoms with Crippen LogP contribution in [0.15, 0.2) is 42.5 Å². The minimum Gasteiger partial charge on any atom is -0.207 e. The second-order valence-electron chi connectivity index (χ2n) is 6.33. The molecule has 0 nitrogen and oxygen atoms in total. The molecule has 0 spiro atoms. The van der Waals surface area contributed by atoms with E-state index in [2.05, 4.69) is 31.2 Å². The van der Waals surface area contributed by atoms with Crippen molar-refractivity contribution in [1.82, 2.24) is 0 Å². The molecule has 106 valence electrons. The second-order valence-corrected chi connectivity index (χ2v) is 6.33. The van der Waals surface area contributed by atoms with Crippen LogP contribution in [0.25, 0.3) is 0 Å². The maximum absolute atomic E-state index is 13.7. The Balaban J connectivity index is 2.15. The third-order valence-electron chi connectivity index (χ3n) is 4.66. The fourth-order valence-corrected chi connectivity index (χ4v) is 3.63. The summed E-state index contributed by atoms with van der Waals surface area (Å²) in [5.41, 5.74) is 5.10. The summed E-state index contributed by atoms with van der Waals surface area (Å²) in [5, 5.41) is 0. The van der Waals surface area contributed by atoms with Gasteiger partial charge in [-0.2, -0.15) is 0 Å². The molecule has 0 N–H and O–H groups in total. The number of hydrogen-bond donors (Lipinski definition) is 0. The molecule has 0 fully saturated rings. The molecule has 0 bridgehead atoms. The molecule has 21 heavy (non-hydrogen) atoms. The molecule has 0 amide bonds. The molecule has 2 radical (unpaired) electrons. The van der Waals surface area contributed by atoms with Crippen LogP contribution >= 0.6 is 0 Å². The fraction of sp³-hybridized carbons (Fsp3) is 0.368. The van der Waals surface area contributed by atoms with Crippen molar-refractivity contribution < 1.29 is 4.39 Å². The smallest absolute Gasteiger partial charge is 0.123 e. The van der Waals surface area contributed by atoms with Gasteiger partial charge in [-0.15, -0.1) is 0 Å². The Morgan fingerprint density at radius 2 is 1.86 bits per heavy atom. The van der Waals surface area contributed by atoms with Crippen molar-refractivity contribution in [3.8, 4) is 0 Å². The Labute approximate surface area is 127 Å². The molecular formula is C19H20BF. The van der Waals surface area contributed by atoms with Gasteiger partial charge in [0.05, 0.1) is 7.85 Å². The monoisotopic (exact) mass is 278 g/mol. The largest absolute Gasteiger partial charge is 0.207 e. The van der Waals surface area contributed by atoms with Gasteiger partial charge in [-0.05, 0) is 52.6 Å². The van der Waals surface area contributed by atoms with Crippen LogP contribution in [0.4, 0.5) is 4.39 Å². The van der Waals surface area contributed by atoms with Gasteiger partial charge in [0.1, 0.15) is 5.82 Å². The topological polar surface area (TPSA) is 0 Å². The highest BCUT2D eigenvalue weighted by molar-refractivity contribution is 6.11. The van der Waals surface area contributed by atoms with Crippen LogP contribution in [-0.2, 0) is 6.42 Å². The summed E-state index contributed by atoms with van der Waals surface area (Å²) < 4.78 is 13.7. The first kappa shape index (κ1) is 14.4. The van der Waals surface area contributed by atoms with Crippen molar-refractivity contribution in [3.63, 3.8) is 0 Å². The summed E-state index contributed by atoms with van der Waals surface area (Å²) >= 11 is 0. The Kier molecular flexibility index (Phi) is 3.88. The van der Waals surface area contributed by atoms with Gasteiger partial charge in [-0.3, -0.25) is 0 Å². The van der Waals surface area contributed by atoms with E-state index in [-0.39, 0.29) is 17.6 Å². The van der Waals surface area contributed by atoms with Crippen molar-refractivity contribution in [2.75, 3.05) is 0 Å². The molecule has 0 heterocycles. The summed E-state index contributed by atoms with van der Waals surface area (Å²) in [6, 6.07) is 13.8. The Morgan fingerprint density at radius 1 is 1.14 bits per heavy atom. The molecule has 0 saturated carbocycles. The van der Waals surface area contributed by atoms with Crippen molar-refractivity contribution in [2.24, 2.45) is 0 Å². The molecule has 2 aromatic carbocycles. The molecule has 0 aliphatic heterocycles. The van der Waals surface area contributed by atoms with Crippen LogP contribution in [0, 0.1) is 5.82 Å². The van der Waals surface area contributed by atoms with Gasteiger partial charge in [0.2, 0.25) is 0 Å². The summed E-state index contributed by atoms with van der Waals surface area (Å²) in [6.45, 7) is 4.25. The second kappa shape index (κ2) is 5.67. The third-order valence-corrected chi connectivity index (χ3v) is 4.66. The zero-order chi connectivity index (χ0) is 15.0. The van der Waals surface area contributed by atoms with Crippen LogP contribution in [0.5, 0.6) is 0 Å². The van der Waals surface area contributed by atoms with Crippen LogP contribution < -0.4 is 0 Å². The number of rotatable bonds is 2. The number of hydrogen-bond acceptors (Lipinski definition) is 0. The van der Waals surface area contributed by atoms with E-state index < -0.39 is 0 Å². The summed E-state index contributed by atoms with van der Waals surface area (Å²) in [4.78, 5) is 0.